The number of H-pyrrole nitrogens is 1. The summed E-state index contributed by atoms with van der Waals surface area (Å²) in [6.45, 7) is 4.10. The number of aromatic nitrogens is 2. The molecule has 2 N–H and O–H groups in total. The van der Waals surface area contributed by atoms with E-state index in [0.717, 1.165) is 27.6 Å². The lowest BCUT2D eigenvalue weighted by molar-refractivity contribution is -0.126. The molecule has 29 heavy (non-hydrogen) atoms. The Hall–Kier alpha value is -3.41. The second-order valence-electron chi connectivity index (χ2n) is 7.52. The highest BCUT2D eigenvalue weighted by molar-refractivity contribution is 5.94. The number of benzene rings is 1. The lowest BCUT2D eigenvalue weighted by atomic mass is 10.0. The number of hydrogen-bond acceptors (Lipinski definition) is 3. The van der Waals surface area contributed by atoms with Gasteiger partial charge in [-0.3, -0.25) is 9.59 Å². The number of aryl methyl sites for hydroxylation is 2. The van der Waals surface area contributed by atoms with Crippen LogP contribution < -0.4 is 5.32 Å². The summed E-state index contributed by atoms with van der Waals surface area (Å²) >= 11 is 0. The number of pyridine rings is 1. The van der Waals surface area contributed by atoms with Crippen LogP contribution in [0.1, 0.15) is 41.6 Å². The topological polar surface area (TPSA) is 78.1 Å². The molecule has 2 amide bonds. The van der Waals surface area contributed by atoms with E-state index in [0.29, 0.717) is 18.7 Å². The van der Waals surface area contributed by atoms with Gasteiger partial charge in [0.1, 0.15) is 5.82 Å². The van der Waals surface area contributed by atoms with Gasteiger partial charge in [-0.25, -0.2) is 4.98 Å². The molecule has 6 nitrogen and oxygen atoms in total. The Morgan fingerprint density at radius 3 is 2.97 bits per heavy atom. The average molecular weight is 388 g/mol. The van der Waals surface area contributed by atoms with Crippen molar-refractivity contribution in [1.82, 2.24) is 14.9 Å². The van der Waals surface area contributed by atoms with Gasteiger partial charge in [0.05, 0.1) is 6.04 Å². The van der Waals surface area contributed by atoms with E-state index in [1.165, 1.54) is 5.56 Å². The third-order valence-corrected chi connectivity index (χ3v) is 5.62. The van der Waals surface area contributed by atoms with Crippen molar-refractivity contribution < 1.29 is 9.59 Å². The van der Waals surface area contributed by atoms with Crippen molar-refractivity contribution in [2.75, 3.05) is 12.4 Å². The normalized spacial score (nSPS) is 14.7. The molecule has 0 saturated heterocycles. The Labute approximate surface area is 169 Å². The van der Waals surface area contributed by atoms with Crippen LogP contribution in [0.5, 0.6) is 0 Å². The van der Waals surface area contributed by atoms with Crippen molar-refractivity contribution in [2.24, 2.45) is 0 Å². The van der Waals surface area contributed by atoms with E-state index in [1.54, 1.807) is 23.2 Å². The van der Waals surface area contributed by atoms with Crippen LogP contribution in [0, 0.1) is 6.92 Å². The van der Waals surface area contributed by atoms with Gasteiger partial charge in [0.2, 0.25) is 11.8 Å². The number of carbonyl (C=O) groups excluding carboxylic acids is 2. The molecule has 1 unspecified atom stereocenters. The number of para-hydroxylation sites is 1. The SMILES string of the molecule is Cc1cccc2c(C(C)N(C)C(=O)C=Cc3cnc4c(c3)CCC(=O)N4)c[nH]c12. The van der Waals surface area contributed by atoms with Gasteiger partial charge >= 0.3 is 0 Å². The predicted molar refractivity (Wildman–Crippen MR) is 114 cm³/mol. The van der Waals surface area contributed by atoms with E-state index in [-0.39, 0.29) is 17.9 Å². The first-order valence-corrected chi connectivity index (χ1v) is 9.74. The molecule has 0 aliphatic carbocycles. The molecule has 3 aromatic rings. The van der Waals surface area contributed by atoms with E-state index in [1.807, 2.05) is 32.3 Å². The zero-order valence-electron chi connectivity index (χ0n) is 16.8. The maximum absolute atomic E-state index is 12.7. The summed E-state index contributed by atoms with van der Waals surface area (Å²) in [4.78, 5) is 33.5. The Morgan fingerprint density at radius 2 is 2.14 bits per heavy atom. The van der Waals surface area contributed by atoms with Crippen LogP contribution in [0.15, 0.2) is 42.7 Å². The Kier molecular flexibility index (Phi) is 4.92. The smallest absolute Gasteiger partial charge is 0.246 e. The van der Waals surface area contributed by atoms with Crippen molar-refractivity contribution in [3.63, 3.8) is 0 Å². The molecular formula is C23H24N4O2. The molecule has 1 atom stereocenters. The second kappa shape index (κ2) is 7.54. The molecule has 0 saturated carbocycles. The highest BCUT2D eigenvalue weighted by Gasteiger charge is 2.19. The molecule has 2 aromatic heterocycles. The molecule has 0 fully saturated rings. The third kappa shape index (κ3) is 3.66. The van der Waals surface area contributed by atoms with Crippen molar-refractivity contribution >= 4 is 34.6 Å². The van der Waals surface area contributed by atoms with Crippen LogP contribution in [-0.4, -0.2) is 33.7 Å². The highest BCUT2D eigenvalue weighted by atomic mass is 16.2. The molecular weight excluding hydrogens is 364 g/mol. The van der Waals surface area contributed by atoms with E-state index in [9.17, 15) is 9.59 Å². The molecule has 1 aliphatic rings. The first-order chi connectivity index (χ1) is 13.9. The van der Waals surface area contributed by atoms with Gasteiger partial charge in [-0.1, -0.05) is 18.2 Å². The molecule has 0 radical (unpaired) electrons. The Morgan fingerprint density at radius 1 is 1.31 bits per heavy atom. The minimum atomic E-state index is -0.0782. The number of amides is 2. The van der Waals surface area contributed by atoms with Crippen molar-refractivity contribution in [3.05, 3.63) is 65.0 Å². The predicted octanol–water partition coefficient (Wildman–Crippen LogP) is 3.99. The van der Waals surface area contributed by atoms with Gasteiger partial charge in [-0.15, -0.1) is 0 Å². The van der Waals surface area contributed by atoms with Gasteiger partial charge in [0, 0.05) is 42.8 Å². The number of carbonyl (C=O) groups is 2. The molecule has 148 valence electrons. The molecule has 4 rings (SSSR count). The first-order valence-electron chi connectivity index (χ1n) is 9.74. The summed E-state index contributed by atoms with van der Waals surface area (Å²) in [6, 6.07) is 8.09. The maximum Gasteiger partial charge on any atom is 0.246 e. The summed E-state index contributed by atoms with van der Waals surface area (Å²) in [5.74, 6) is 0.530. The monoisotopic (exact) mass is 388 g/mol. The number of nitrogens with zero attached hydrogens (tertiary/aromatic N) is 2. The minimum Gasteiger partial charge on any atom is -0.361 e. The molecule has 3 heterocycles. The Bertz CT molecular complexity index is 1130. The molecule has 1 aromatic carbocycles. The number of nitrogens with one attached hydrogen (secondary N) is 2. The summed E-state index contributed by atoms with van der Waals surface area (Å²) in [5, 5.41) is 3.91. The Balaban J connectivity index is 1.50. The number of likely N-dealkylation sites (N-methyl/N-ethyl adjacent to an activating group) is 1. The van der Waals surface area contributed by atoms with Crippen LogP contribution in [0.2, 0.25) is 0 Å². The summed E-state index contributed by atoms with van der Waals surface area (Å²) in [5.41, 5.74) is 5.23. The zero-order valence-corrected chi connectivity index (χ0v) is 16.8. The van der Waals surface area contributed by atoms with E-state index < -0.39 is 0 Å². The van der Waals surface area contributed by atoms with Gasteiger partial charge in [0.15, 0.2) is 0 Å². The van der Waals surface area contributed by atoms with Crippen LogP contribution >= 0.6 is 0 Å². The van der Waals surface area contributed by atoms with Crippen LogP contribution in [-0.2, 0) is 16.0 Å². The van der Waals surface area contributed by atoms with Crippen LogP contribution in [0.25, 0.3) is 17.0 Å². The standard InChI is InChI=1S/C23H24N4O2/c1-14-5-4-6-18-19(13-24-22(14)18)15(2)27(3)21(29)10-7-16-11-17-8-9-20(28)26-23(17)25-12-16/h4-7,10-13,15,24H,8-9H2,1-3H3,(H,25,26,28). The van der Waals surface area contributed by atoms with Gasteiger partial charge in [-0.05, 0) is 54.7 Å². The minimum absolute atomic E-state index is 0.00782. The quantitative estimate of drug-likeness (QED) is 0.664. The van der Waals surface area contributed by atoms with Crippen LogP contribution in [0.4, 0.5) is 5.82 Å². The fourth-order valence-electron chi connectivity index (χ4n) is 3.72. The zero-order chi connectivity index (χ0) is 20.5. The van der Waals surface area contributed by atoms with Crippen molar-refractivity contribution in [3.8, 4) is 0 Å². The first kappa shape index (κ1) is 18.9. The van der Waals surface area contributed by atoms with E-state index in [2.05, 4.69) is 34.3 Å². The number of hydrogen-bond donors (Lipinski definition) is 2. The van der Waals surface area contributed by atoms with Crippen LogP contribution in [0.3, 0.4) is 0 Å². The third-order valence-electron chi connectivity index (χ3n) is 5.62. The summed E-state index contributed by atoms with van der Waals surface area (Å²) in [7, 11) is 1.81. The van der Waals surface area contributed by atoms with E-state index >= 15 is 0 Å². The molecule has 0 spiro atoms. The van der Waals surface area contributed by atoms with E-state index in [4.69, 9.17) is 0 Å². The second-order valence-corrected chi connectivity index (χ2v) is 7.52. The van der Waals surface area contributed by atoms with Gasteiger partial charge in [-0.2, -0.15) is 0 Å². The summed E-state index contributed by atoms with van der Waals surface area (Å²) in [6.07, 6.45) is 8.12. The van der Waals surface area contributed by atoms with Gasteiger partial charge < -0.3 is 15.2 Å². The average Bonchev–Trinajstić information content (AvgIpc) is 3.16. The maximum atomic E-state index is 12.7. The number of anilines is 1. The molecule has 6 heteroatoms. The van der Waals surface area contributed by atoms with Crippen molar-refractivity contribution in [2.45, 2.75) is 32.7 Å². The fourth-order valence-corrected chi connectivity index (χ4v) is 3.72. The lowest BCUT2D eigenvalue weighted by Gasteiger charge is -2.23. The highest BCUT2D eigenvalue weighted by Crippen LogP contribution is 2.29. The number of rotatable bonds is 4. The summed E-state index contributed by atoms with van der Waals surface area (Å²) < 4.78 is 0. The van der Waals surface area contributed by atoms with Gasteiger partial charge in [0.25, 0.3) is 0 Å². The molecule has 1 aliphatic heterocycles. The largest absolute Gasteiger partial charge is 0.361 e. The number of fused-ring (bicyclic) bond motifs is 2. The van der Waals surface area contributed by atoms with Crippen molar-refractivity contribution in [1.29, 1.82) is 0 Å². The number of aromatic amines is 1. The fraction of sp³-hybridized carbons (Fsp3) is 0.261. The molecule has 0 bridgehead atoms. The lowest BCUT2D eigenvalue weighted by Crippen LogP contribution is -2.27.